The fourth-order valence-corrected chi connectivity index (χ4v) is 4.46. The van der Waals surface area contributed by atoms with Crippen molar-refractivity contribution in [2.75, 3.05) is 53.4 Å². The Morgan fingerprint density at radius 2 is 1.77 bits per heavy atom. The predicted octanol–water partition coefficient (Wildman–Crippen LogP) is 2.09. The lowest BCUT2D eigenvalue weighted by atomic mass is 9.83. The summed E-state index contributed by atoms with van der Waals surface area (Å²) in [4.78, 5) is 32.5. The monoisotopic (exact) mass is 407 g/mol. The van der Waals surface area contributed by atoms with Gasteiger partial charge in [-0.2, -0.15) is 0 Å². The van der Waals surface area contributed by atoms with Gasteiger partial charge in [0, 0.05) is 37.7 Å². The normalized spacial score (nSPS) is 24.1. The third kappa shape index (κ3) is 3.85. The molecule has 0 aliphatic carbocycles. The van der Waals surface area contributed by atoms with Crippen molar-refractivity contribution in [1.29, 1.82) is 0 Å². The molecule has 0 saturated carbocycles. The maximum absolute atomic E-state index is 13.6. The van der Waals surface area contributed by atoms with Gasteiger partial charge in [-0.25, -0.2) is 0 Å². The van der Waals surface area contributed by atoms with Gasteiger partial charge in [0.2, 0.25) is 0 Å². The fourth-order valence-electron chi connectivity index (χ4n) is 4.46. The van der Waals surface area contributed by atoms with Gasteiger partial charge in [0.1, 0.15) is 0 Å². The van der Waals surface area contributed by atoms with Gasteiger partial charge in [-0.15, -0.1) is 0 Å². The van der Waals surface area contributed by atoms with Gasteiger partial charge in [0.15, 0.2) is 5.60 Å². The Labute approximate surface area is 178 Å². The maximum Gasteiger partial charge on any atom is 0.257 e. The Kier molecular flexibility index (Phi) is 5.88. The van der Waals surface area contributed by atoms with E-state index in [0.29, 0.717) is 31.8 Å². The highest BCUT2D eigenvalue weighted by molar-refractivity contribution is 5.96. The zero-order valence-corrected chi connectivity index (χ0v) is 17.7. The highest BCUT2D eigenvalue weighted by atomic mass is 16.5. The molecule has 0 aromatic heterocycles. The molecule has 158 valence electrons. The van der Waals surface area contributed by atoms with Gasteiger partial charge in [0.25, 0.3) is 11.8 Å². The summed E-state index contributed by atoms with van der Waals surface area (Å²) in [5, 5.41) is 0. The SMILES string of the molecule is CN(C)CCN1CC(c2ccccc2)C2(CN(C(=O)c3ccccc3)CCO2)C1=O. The number of hydrogen-bond acceptors (Lipinski definition) is 4. The van der Waals surface area contributed by atoms with Crippen molar-refractivity contribution < 1.29 is 14.3 Å². The lowest BCUT2D eigenvalue weighted by Gasteiger charge is -2.42. The first-order chi connectivity index (χ1) is 14.5. The molecule has 2 aromatic rings. The van der Waals surface area contributed by atoms with E-state index in [1.54, 1.807) is 4.90 Å². The second-order valence-corrected chi connectivity index (χ2v) is 8.35. The predicted molar refractivity (Wildman–Crippen MR) is 115 cm³/mol. The number of morpholine rings is 1. The van der Waals surface area contributed by atoms with Crippen LogP contribution in [0.5, 0.6) is 0 Å². The van der Waals surface area contributed by atoms with Crippen molar-refractivity contribution >= 4 is 11.8 Å². The zero-order valence-electron chi connectivity index (χ0n) is 17.7. The Morgan fingerprint density at radius 3 is 2.43 bits per heavy atom. The van der Waals surface area contributed by atoms with Crippen LogP contribution in [0.2, 0.25) is 0 Å². The number of benzene rings is 2. The number of likely N-dealkylation sites (tertiary alicyclic amines) is 1. The van der Waals surface area contributed by atoms with Crippen molar-refractivity contribution in [3.8, 4) is 0 Å². The van der Waals surface area contributed by atoms with E-state index in [1.165, 1.54) is 0 Å². The van der Waals surface area contributed by atoms with Crippen molar-refractivity contribution in [1.82, 2.24) is 14.7 Å². The molecule has 6 nitrogen and oxygen atoms in total. The quantitative estimate of drug-likeness (QED) is 0.762. The Balaban J connectivity index is 1.65. The summed E-state index contributed by atoms with van der Waals surface area (Å²) in [5.41, 5.74) is 0.684. The Bertz CT molecular complexity index is 887. The van der Waals surface area contributed by atoms with Crippen LogP contribution in [0.4, 0.5) is 0 Å². The summed E-state index contributed by atoms with van der Waals surface area (Å²) in [6.45, 7) is 3.15. The van der Waals surface area contributed by atoms with E-state index in [4.69, 9.17) is 4.74 Å². The Hall–Kier alpha value is -2.70. The van der Waals surface area contributed by atoms with Crippen LogP contribution in [0.15, 0.2) is 60.7 Å². The van der Waals surface area contributed by atoms with Crippen LogP contribution in [0.1, 0.15) is 21.8 Å². The maximum atomic E-state index is 13.6. The van der Waals surface area contributed by atoms with E-state index in [2.05, 4.69) is 17.0 Å². The summed E-state index contributed by atoms with van der Waals surface area (Å²) in [7, 11) is 4.00. The number of carbonyl (C=O) groups is 2. The number of amides is 2. The molecule has 1 spiro atoms. The van der Waals surface area contributed by atoms with E-state index in [9.17, 15) is 9.59 Å². The average molecular weight is 408 g/mol. The van der Waals surface area contributed by atoms with Crippen LogP contribution in [-0.4, -0.2) is 85.5 Å². The molecule has 0 bridgehead atoms. The van der Waals surface area contributed by atoms with E-state index in [0.717, 1.165) is 12.1 Å². The first-order valence-corrected chi connectivity index (χ1v) is 10.5. The van der Waals surface area contributed by atoms with E-state index in [1.807, 2.05) is 67.5 Å². The molecule has 2 aliphatic heterocycles. The highest BCUT2D eigenvalue weighted by Gasteiger charge is 2.58. The molecular formula is C24H29N3O3. The molecule has 4 rings (SSSR count). The Morgan fingerprint density at radius 1 is 1.10 bits per heavy atom. The number of hydrogen-bond donors (Lipinski definition) is 0. The second-order valence-electron chi connectivity index (χ2n) is 8.35. The van der Waals surface area contributed by atoms with Crippen molar-refractivity contribution in [2.24, 2.45) is 0 Å². The van der Waals surface area contributed by atoms with Gasteiger partial charge >= 0.3 is 0 Å². The minimum absolute atomic E-state index is 0.0104. The third-order valence-electron chi connectivity index (χ3n) is 6.09. The number of carbonyl (C=O) groups excluding carboxylic acids is 2. The largest absolute Gasteiger partial charge is 0.361 e. The molecule has 2 atom stereocenters. The topological polar surface area (TPSA) is 53.1 Å². The van der Waals surface area contributed by atoms with Crippen LogP contribution in [0.3, 0.4) is 0 Å². The van der Waals surface area contributed by atoms with Crippen LogP contribution < -0.4 is 0 Å². The van der Waals surface area contributed by atoms with E-state index in [-0.39, 0.29) is 24.3 Å². The molecule has 0 radical (unpaired) electrons. The van der Waals surface area contributed by atoms with Gasteiger partial charge in [-0.05, 0) is 31.8 Å². The summed E-state index contributed by atoms with van der Waals surface area (Å²) in [6.07, 6.45) is 0. The second kappa shape index (κ2) is 8.58. The molecule has 30 heavy (non-hydrogen) atoms. The lowest BCUT2D eigenvalue weighted by Crippen LogP contribution is -2.59. The first-order valence-electron chi connectivity index (χ1n) is 10.5. The molecule has 6 heteroatoms. The highest BCUT2D eigenvalue weighted by Crippen LogP contribution is 2.42. The lowest BCUT2D eigenvalue weighted by molar-refractivity contribution is -0.159. The summed E-state index contributed by atoms with van der Waals surface area (Å²) in [6, 6.07) is 19.3. The summed E-state index contributed by atoms with van der Waals surface area (Å²) >= 11 is 0. The fraction of sp³-hybridized carbons (Fsp3) is 0.417. The number of rotatable bonds is 5. The van der Waals surface area contributed by atoms with Crippen LogP contribution >= 0.6 is 0 Å². The van der Waals surface area contributed by atoms with Gasteiger partial charge in [-0.3, -0.25) is 9.59 Å². The van der Waals surface area contributed by atoms with Crippen LogP contribution in [-0.2, 0) is 9.53 Å². The van der Waals surface area contributed by atoms with Crippen molar-refractivity contribution in [2.45, 2.75) is 11.5 Å². The van der Waals surface area contributed by atoms with Crippen LogP contribution in [0.25, 0.3) is 0 Å². The van der Waals surface area contributed by atoms with Gasteiger partial charge in [-0.1, -0.05) is 48.5 Å². The molecule has 2 aliphatic rings. The minimum Gasteiger partial charge on any atom is -0.361 e. The zero-order chi connectivity index (χ0) is 21.1. The molecule has 2 amide bonds. The van der Waals surface area contributed by atoms with Crippen molar-refractivity contribution in [3.63, 3.8) is 0 Å². The summed E-state index contributed by atoms with van der Waals surface area (Å²) in [5.74, 6) is -0.173. The van der Waals surface area contributed by atoms with E-state index >= 15 is 0 Å². The average Bonchev–Trinajstić information content (AvgIpc) is 3.04. The number of nitrogens with zero attached hydrogens (tertiary/aromatic N) is 3. The molecule has 2 fully saturated rings. The molecule has 0 N–H and O–H groups in total. The first kappa shape index (κ1) is 20.6. The van der Waals surface area contributed by atoms with Crippen LogP contribution in [0, 0.1) is 0 Å². The van der Waals surface area contributed by atoms with Gasteiger partial charge in [0.05, 0.1) is 13.2 Å². The smallest absolute Gasteiger partial charge is 0.257 e. The third-order valence-corrected chi connectivity index (χ3v) is 6.09. The van der Waals surface area contributed by atoms with Gasteiger partial charge < -0.3 is 19.4 Å². The molecule has 2 heterocycles. The summed E-state index contributed by atoms with van der Waals surface area (Å²) < 4.78 is 6.26. The minimum atomic E-state index is -1.03. The van der Waals surface area contributed by atoms with E-state index < -0.39 is 5.60 Å². The molecule has 2 unspecified atom stereocenters. The molecular weight excluding hydrogens is 378 g/mol. The van der Waals surface area contributed by atoms with Crippen molar-refractivity contribution in [3.05, 3.63) is 71.8 Å². The molecule has 2 aromatic carbocycles. The number of ether oxygens (including phenoxy) is 1. The standard InChI is InChI=1S/C24H29N3O3/c1-25(2)13-14-26-17-21(19-9-5-3-6-10-19)24(23(26)29)18-27(15-16-30-24)22(28)20-11-7-4-8-12-20/h3-12,21H,13-18H2,1-2H3. The molecule has 2 saturated heterocycles. The number of likely N-dealkylation sites (N-methyl/N-ethyl adjacent to an activating group) is 1.